The second-order valence-electron chi connectivity index (χ2n) is 5.05. The highest BCUT2D eigenvalue weighted by Gasteiger charge is 2.23. The molecule has 2 rings (SSSR count). The van der Waals surface area contributed by atoms with E-state index >= 15 is 0 Å². The lowest BCUT2D eigenvalue weighted by molar-refractivity contribution is -0.384. The molecule has 6 heteroatoms. The molecule has 1 aliphatic rings. The maximum absolute atomic E-state index is 11.2. The van der Waals surface area contributed by atoms with Gasteiger partial charge in [-0.15, -0.1) is 0 Å². The molecule has 0 amide bonds. The van der Waals surface area contributed by atoms with E-state index in [1.807, 2.05) is 0 Å². The summed E-state index contributed by atoms with van der Waals surface area (Å²) in [7, 11) is 0. The number of nitrogens with one attached hydrogen (secondary N) is 1. The van der Waals surface area contributed by atoms with Crippen LogP contribution in [-0.2, 0) is 0 Å². The van der Waals surface area contributed by atoms with Crippen molar-refractivity contribution in [1.82, 2.24) is 0 Å². The molecule has 0 heterocycles. The van der Waals surface area contributed by atoms with Crippen molar-refractivity contribution in [3.05, 3.63) is 33.9 Å². The molecule has 6 nitrogen and oxygen atoms in total. The average Bonchev–Trinajstić information content (AvgIpc) is 2.74. The molecule has 1 saturated carbocycles. The lowest BCUT2D eigenvalue weighted by Crippen LogP contribution is -2.17. The molecule has 0 aliphatic heterocycles. The van der Waals surface area contributed by atoms with Crippen molar-refractivity contribution in [2.75, 3.05) is 5.32 Å². The second kappa shape index (κ2) is 5.26. The van der Waals surface area contributed by atoms with Crippen LogP contribution in [0.4, 0.5) is 11.4 Å². The Labute approximate surface area is 110 Å². The summed E-state index contributed by atoms with van der Waals surface area (Å²) in [4.78, 5) is 21.2. The first kappa shape index (κ1) is 13.3. The van der Waals surface area contributed by atoms with Gasteiger partial charge in [-0.1, -0.05) is 6.92 Å². The summed E-state index contributed by atoms with van der Waals surface area (Å²) < 4.78 is 0. The van der Waals surface area contributed by atoms with E-state index in [2.05, 4.69) is 12.2 Å². The predicted octanol–water partition coefficient (Wildman–Crippen LogP) is 2.89. The highest BCUT2D eigenvalue weighted by Crippen LogP contribution is 2.30. The lowest BCUT2D eigenvalue weighted by Gasteiger charge is -2.15. The van der Waals surface area contributed by atoms with Crippen LogP contribution in [0, 0.1) is 16.0 Å². The molecule has 0 bridgehead atoms. The first-order chi connectivity index (χ1) is 8.97. The fourth-order valence-corrected chi connectivity index (χ4v) is 2.51. The Bertz CT molecular complexity index is 515. The van der Waals surface area contributed by atoms with Crippen LogP contribution in [0.2, 0.25) is 0 Å². The van der Waals surface area contributed by atoms with Crippen molar-refractivity contribution in [2.45, 2.75) is 32.2 Å². The molecule has 1 aromatic rings. The lowest BCUT2D eigenvalue weighted by atomic mass is 10.1. The van der Waals surface area contributed by atoms with Crippen molar-refractivity contribution in [2.24, 2.45) is 5.92 Å². The number of non-ortho nitro benzene ring substituents is 1. The minimum atomic E-state index is -1.16. The van der Waals surface area contributed by atoms with Crippen LogP contribution >= 0.6 is 0 Å². The van der Waals surface area contributed by atoms with E-state index in [0.717, 1.165) is 25.3 Å². The van der Waals surface area contributed by atoms with E-state index in [1.54, 1.807) is 0 Å². The molecular weight excluding hydrogens is 248 g/mol. The number of anilines is 1. The summed E-state index contributed by atoms with van der Waals surface area (Å²) in [5.41, 5.74) is 0.202. The molecule has 2 atom stereocenters. The van der Waals surface area contributed by atoms with Crippen LogP contribution in [-0.4, -0.2) is 22.0 Å². The first-order valence-corrected chi connectivity index (χ1v) is 6.25. The summed E-state index contributed by atoms with van der Waals surface area (Å²) >= 11 is 0. The third kappa shape index (κ3) is 3.01. The Morgan fingerprint density at radius 2 is 2.21 bits per heavy atom. The van der Waals surface area contributed by atoms with Crippen molar-refractivity contribution >= 4 is 17.3 Å². The van der Waals surface area contributed by atoms with Crippen molar-refractivity contribution in [3.63, 3.8) is 0 Å². The zero-order valence-corrected chi connectivity index (χ0v) is 10.6. The zero-order valence-electron chi connectivity index (χ0n) is 10.6. The third-order valence-corrected chi connectivity index (χ3v) is 3.50. The summed E-state index contributed by atoms with van der Waals surface area (Å²) in [6.07, 6.45) is 3.11. The van der Waals surface area contributed by atoms with Gasteiger partial charge >= 0.3 is 5.97 Å². The Balaban J connectivity index is 2.24. The standard InChI is InChI=1S/C13H16N2O4/c1-8-2-3-9(6-8)14-12-5-4-10(15(18)19)7-11(12)13(16)17/h4-5,7-9,14H,2-3,6H2,1H3,(H,16,17). The molecule has 102 valence electrons. The van der Waals surface area contributed by atoms with E-state index in [1.165, 1.54) is 12.1 Å². The number of carboxylic acids is 1. The van der Waals surface area contributed by atoms with Gasteiger partial charge in [-0.2, -0.15) is 0 Å². The number of hydrogen-bond acceptors (Lipinski definition) is 4. The smallest absolute Gasteiger partial charge is 0.338 e. The summed E-state index contributed by atoms with van der Waals surface area (Å²) in [5.74, 6) is -0.527. The number of hydrogen-bond donors (Lipinski definition) is 2. The van der Waals surface area contributed by atoms with Gasteiger partial charge in [0, 0.05) is 23.9 Å². The van der Waals surface area contributed by atoms with Crippen molar-refractivity contribution in [3.8, 4) is 0 Å². The van der Waals surface area contributed by atoms with Gasteiger partial charge in [0.05, 0.1) is 10.5 Å². The van der Waals surface area contributed by atoms with E-state index in [0.29, 0.717) is 11.6 Å². The highest BCUT2D eigenvalue weighted by atomic mass is 16.6. The minimum Gasteiger partial charge on any atom is -0.478 e. The van der Waals surface area contributed by atoms with Crippen LogP contribution in [0.1, 0.15) is 36.5 Å². The Morgan fingerprint density at radius 3 is 2.74 bits per heavy atom. The molecule has 1 aliphatic carbocycles. The van der Waals surface area contributed by atoms with Crippen LogP contribution in [0.15, 0.2) is 18.2 Å². The molecule has 0 aromatic heterocycles. The Hall–Kier alpha value is -2.11. The number of rotatable bonds is 4. The van der Waals surface area contributed by atoms with Gasteiger partial charge in [0.15, 0.2) is 0 Å². The van der Waals surface area contributed by atoms with E-state index < -0.39 is 10.9 Å². The molecule has 2 N–H and O–H groups in total. The normalized spacial score (nSPS) is 22.2. The van der Waals surface area contributed by atoms with Crippen LogP contribution in [0.5, 0.6) is 0 Å². The number of carboxylic acid groups (broad SMARTS) is 1. The highest BCUT2D eigenvalue weighted by molar-refractivity contribution is 5.95. The number of nitro groups is 1. The van der Waals surface area contributed by atoms with Gasteiger partial charge in [-0.25, -0.2) is 4.79 Å². The second-order valence-corrected chi connectivity index (χ2v) is 5.05. The van der Waals surface area contributed by atoms with Gasteiger partial charge in [-0.3, -0.25) is 10.1 Å². The van der Waals surface area contributed by atoms with E-state index in [-0.39, 0.29) is 17.3 Å². The fourth-order valence-electron chi connectivity index (χ4n) is 2.51. The average molecular weight is 264 g/mol. The molecule has 0 saturated heterocycles. The Morgan fingerprint density at radius 1 is 1.47 bits per heavy atom. The number of carbonyl (C=O) groups is 1. The van der Waals surface area contributed by atoms with E-state index in [4.69, 9.17) is 5.11 Å². The number of aromatic carboxylic acids is 1. The number of benzene rings is 1. The molecule has 0 spiro atoms. The van der Waals surface area contributed by atoms with Crippen molar-refractivity contribution in [1.29, 1.82) is 0 Å². The summed E-state index contributed by atoms with van der Waals surface area (Å²) in [6, 6.07) is 4.15. The van der Waals surface area contributed by atoms with Crippen LogP contribution in [0.25, 0.3) is 0 Å². The quantitative estimate of drug-likeness (QED) is 0.644. The van der Waals surface area contributed by atoms with Gasteiger partial charge in [0.2, 0.25) is 0 Å². The molecule has 2 unspecified atom stereocenters. The topological polar surface area (TPSA) is 92.5 Å². The predicted molar refractivity (Wildman–Crippen MR) is 70.5 cm³/mol. The maximum atomic E-state index is 11.2. The maximum Gasteiger partial charge on any atom is 0.338 e. The molecule has 1 aromatic carbocycles. The number of nitro benzene ring substituents is 1. The summed E-state index contributed by atoms with van der Waals surface area (Å²) in [5, 5.41) is 23.0. The number of nitrogens with zero attached hydrogens (tertiary/aromatic N) is 1. The molecular formula is C13H16N2O4. The van der Waals surface area contributed by atoms with Gasteiger partial charge < -0.3 is 10.4 Å². The Kier molecular flexibility index (Phi) is 3.69. The van der Waals surface area contributed by atoms with Crippen LogP contribution in [0.3, 0.4) is 0 Å². The molecule has 19 heavy (non-hydrogen) atoms. The SMILES string of the molecule is CC1CCC(Nc2ccc([N+](=O)[O-])cc2C(=O)O)C1. The largest absolute Gasteiger partial charge is 0.478 e. The van der Waals surface area contributed by atoms with Crippen LogP contribution < -0.4 is 5.32 Å². The zero-order chi connectivity index (χ0) is 14.0. The van der Waals surface area contributed by atoms with Gasteiger partial charge in [-0.05, 0) is 31.2 Å². The fraction of sp³-hybridized carbons (Fsp3) is 0.462. The molecule has 1 fully saturated rings. The third-order valence-electron chi connectivity index (χ3n) is 3.50. The van der Waals surface area contributed by atoms with Crippen molar-refractivity contribution < 1.29 is 14.8 Å². The first-order valence-electron chi connectivity index (χ1n) is 6.25. The van der Waals surface area contributed by atoms with Gasteiger partial charge in [0.1, 0.15) is 0 Å². The van der Waals surface area contributed by atoms with E-state index in [9.17, 15) is 14.9 Å². The van der Waals surface area contributed by atoms with Gasteiger partial charge in [0.25, 0.3) is 5.69 Å². The summed E-state index contributed by atoms with van der Waals surface area (Å²) in [6.45, 7) is 2.16. The minimum absolute atomic E-state index is 0.0475. The molecule has 0 radical (unpaired) electrons. The monoisotopic (exact) mass is 264 g/mol.